The van der Waals surface area contributed by atoms with Gasteiger partial charge in [-0.3, -0.25) is 4.90 Å². The fourth-order valence-corrected chi connectivity index (χ4v) is 2.81. The molecule has 5 heteroatoms. The third-order valence-electron chi connectivity index (χ3n) is 4.68. The molecule has 4 nitrogen and oxygen atoms in total. The van der Waals surface area contributed by atoms with E-state index in [1.165, 1.54) is 31.4 Å². The summed E-state index contributed by atoms with van der Waals surface area (Å²) in [6.07, 6.45) is 3.55. The number of hydrogen-bond donors (Lipinski definition) is 2. The van der Waals surface area contributed by atoms with Gasteiger partial charge in [0.2, 0.25) is 0 Å². The lowest BCUT2D eigenvalue weighted by molar-refractivity contribution is 0.109. The second-order valence-electron chi connectivity index (χ2n) is 6.27. The van der Waals surface area contributed by atoms with E-state index in [1.54, 1.807) is 6.07 Å². The molecule has 0 aromatic heterocycles. The van der Waals surface area contributed by atoms with Gasteiger partial charge in [0, 0.05) is 12.1 Å². The predicted molar refractivity (Wildman–Crippen MR) is 81.8 cm³/mol. The summed E-state index contributed by atoms with van der Waals surface area (Å²) >= 11 is 0. The minimum atomic E-state index is -0.357. The number of rotatable bonds is 4. The number of likely N-dealkylation sites (tertiary alicyclic amines) is 1. The molecule has 1 aromatic rings. The average Bonchev–Trinajstić information content (AvgIpc) is 2.48. The molecule has 3 N–H and O–H groups in total. The van der Waals surface area contributed by atoms with Gasteiger partial charge in [-0.2, -0.15) is 0 Å². The molecule has 1 heterocycles. The molecule has 1 fully saturated rings. The maximum atomic E-state index is 13.6. The van der Waals surface area contributed by atoms with Crippen LogP contribution in [0.3, 0.4) is 0 Å². The van der Waals surface area contributed by atoms with Gasteiger partial charge in [0.15, 0.2) is 5.84 Å². The van der Waals surface area contributed by atoms with Gasteiger partial charge in [-0.15, -0.1) is 0 Å². The van der Waals surface area contributed by atoms with Crippen molar-refractivity contribution < 1.29 is 9.60 Å². The van der Waals surface area contributed by atoms with E-state index in [0.717, 1.165) is 18.7 Å². The molecule has 2 rings (SSSR count). The Balaban J connectivity index is 2.06. The molecule has 0 saturated carbocycles. The summed E-state index contributed by atoms with van der Waals surface area (Å²) in [7, 11) is 0. The molecule has 0 bridgehead atoms. The number of nitrogens with zero attached hydrogens (tertiary/aromatic N) is 2. The third kappa shape index (κ3) is 3.94. The smallest absolute Gasteiger partial charge is 0.170 e. The van der Waals surface area contributed by atoms with Gasteiger partial charge in [-0.1, -0.05) is 25.4 Å². The zero-order valence-electron chi connectivity index (χ0n) is 12.8. The summed E-state index contributed by atoms with van der Waals surface area (Å²) in [5.41, 5.74) is 7.26. The Morgan fingerprint density at radius 2 is 2.05 bits per heavy atom. The Morgan fingerprint density at radius 3 is 2.62 bits per heavy atom. The molecular weight excluding hydrogens is 269 g/mol. The maximum absolute atomic E-state index is 13.6. The highest BCUT2D eigenvalue weighted by Gasteiger charge is 2.28. The van der Waals surface area contributed by atoms with Crippen LogP contribution in [0.15, 0.2) is 23.4 Å². The second kappa shape index (κ2) is 6.43. The van der Waals surface area contributed by atoms with Crippen LogP contribution in [0.1, 0.15) is 44.2 Å². The summed E-state index contributed by atoms with van der Waals surface area (Å²) < 4.78 is 13.6. The van der Waals surface area contributed by atoms with Crippen LogP contribution in [-0.2, 0) is 6.54 Å². The minimum Gasteiger partial charge on any atom is -0.409 e. The standard InChI is InChI=1S/C16H24FN3O/c1-3-16(2)4-6-20(7-5-16)11-12-8-13(15(18)19-21)10-14(17)9-12/h8-10,21H,3-7,11H2,1-2H3,(H2,18,19). The minimum absolute atomic E-state index is 0.0621. The van der Waals surface area contributed by atoms with Gasteiger partial charge < -0.3 is 10.9 Å². The first-order valence-electron chi connectivity index (χ1n) is 7.45. The van der Waals surface area contributed by atoms with Crippen LogP contribution in [0.4, 0.5) is 4.39 Å². The number of halogens is 1. The molecule has 1 saturated heterocycles. The van der Waals surface area contributed by atoms with Crippen molar-refractivity contribution >= 4 is 5.84 Å². The molecule has 0 spiro atoms. The van der Waals surface area contributed by atoms with E-state index in [9.17, 15) is 4.39 Å². The highest BCUT2D eigenvalue weighted by atomic mass is 19.1. The van der Waals surface area contributed by atoms with E-state index < -0.39 is 0 Å². The maximum Gasteiger partial charge on any atom is 0.170 e. The average molecular weight is 293 g/mol. The quantitative estimate of drug-likeness (QED) is 0.388. The molecule has 0 radical (unpaired) electrons. The molecule has 21 heavy (non-hydrogen) atoms. The van der Waals surface area contributed by atoms with E-state index in [0.29, 0.717) is 17.5 Å². The highest BCUT2D eigenvalue weighted by Crippen LogP contribution is 2.34. The van der Waals surface area contributed by atoms with Crippen molar-refractivity contribution in [3.05, 3.63) is 35.1 Å². The van der Waals surface area contributed by atoms with Gasteiger partial charge in [0.1, 0.15) is 5.82 Å². The Hall–Kier alpha value is -1.62. The van der Waals surface area contributed by atoms with E-state index in [-0.39, 0.29) is 11.7 Å². The van der Waals surface area contributed by atoms with Crippen molar-refractivity contribution in [2.75, 3.05) is 13.1 Å². The predicted octanol–water partition coefficient (Wildman–Crippen LogP) is 2.93. The van der Waals surface area contributed by atoms with Gasteiger partial charge >= 0.3 is 0 Å². The summed E-state index contributed by atoms with van der Waals surface area (Å²) in [6.45, 7) is 7.33. The van der Waals surface area contributed by atoms with Crippen LogP contribution >= 0.6 is 0 Å². The number of hydrogen-bond acceptors (Lipinski definition) is 3. The van der Waals surface area contributed by atoms with Crippen molar-refractivity contribution in [1.82, 2.24) is 4.90 Å². The lowest BCUT2D eigenvalue weighted by Gasteiger charge is -2.39. The molecule has 0 aliphatic carbocycles. The number of piperidine rings is 1. The highest BCUT2D eigenvalue weighted by molar-refractivity contribution is 5.97. The molecular formula is C16H24FN3O. The van der Waals surface area contributed by atoms with E-state index in [2.05, 4.69) is 23.9 Å². The lowest BCUT2D eigenvalue weighted by Crippen LogP contribution is -2.38. The topological polar surface area (TPSA) is 61.8 Å². The Bertz CT molecular complexity index is 522. The van der Waals surface area contributed by atoms with Crippen LogP contribution in [0.2, 0.25) is 0 Å². The molecule has 0 amide bonds. The zero-order valence-corrected chi connectivity index (χ0v) is 12.8. The van der Waals surface area contributed by atoms with Crippen LogP contribution < -0.4 is 5.73 Å². The lowest BCUT2D eigenvalue weighted by atomic mass is 9.78. The summed E-state index contributed by atoms with van der Waals surface area (Å²) in [4.78, 5) is 2.34. The van der Waals surface area contributed by atoms with Gasteiger partial charge in [0.25, 0.3) is 0 Å². The first-order valence-corrected chi connectivity index (χ1v) is 7.45. The van der Waals surface area contributed by atoms with E-state index in [4.69, 9.17) is 10.9 Å². The van der Waals surface area contributed by atoms with Crippen molar-refractivity contribution in [2.45, 2.75) is 39.7 Å². The van der Waals surface area contributed by atoms with Gasteiger partial charge in [-0.25, -0.2) is 4.39 Å². The summed E-state index contributed by atoms with van der Waals surface area (Å²) in [6, 6.07) is 4.58. The molecule has 0 unspecified atom stereocenters. The van der Waals surface area contributed by atoms with Crippen LogP contribution in [-0.4, -0.2) is 29.0 Å². The number of oxime groups is 1. The first kappa shape index (κ1) is 15.8. The van der Waals surface area contributed by atoms with Crippen LogP contribution in [0.5, 0.6) is 0 Å². The van der Waals surface area contributed by atoms with Crippen molar-refractivity contribution in [2.24, 2.45) is 16.3 Å². The first-order chi connectivity index (χ1) is 9.95. The molecule has 1 aliphatic rings. The number of benzene rings is 1. The molecule has 1 aliphatic heterocycles. The normalized spacial score (nSPS) is 19.7. The third-order valence-corrected chi connectivity index (χ3v) is 4.68. The van der Waals surface area contributed by atoms with Gasteiger partial charge in [-0.05, 0) is 55.1 Å². The van der Waals surface area contributed by atoms with E-state index >= 15 is 0 Å². The number of amidine groups is 1. The van der Waals surface area contributed by atoms with Crippen LogP contribution in [0.25, 0.3) is 0 Å². The summed E-state index contributed by atoms with van der Waals surface area (Å²) in [5, 5.41) is 11.6. The second-order valence-corrected chi connectivity index (χ2v) is 6.27. The number of nitrogens with two attached hydrogens (primary N) is 1. The van der Waals surface area contributed by atoms with Crippen molar-refractivity contribution in [1.29, 1.82) is 0 Å². The van der Waals surface area contributed by atoms with Crippen molar-refractivity contribution in [3.8, 4) is 0 Å². The Morgan fingerprint density at radius 1 is 1.38 bits per heavy atom. The van der Waals surface area contributed by atoms with E-state index in [1.807, 2.05) is 0 Å². The van der Waals surface area contributed by atoms with Gasteiger partial charge in [0.05, 0.1) is 0 Å². The zero-order chi connectivity index (χ0) is 15.5. The Labute approximate surface area is 125 Å². The summed E-state index contributed by atoms with van der Waals surface area (Å²) in [5.74, 6) is -0.419. The fraction of sp³-hybridized carbons (Fsp3) is 0.562. The fourth-order valence-electron chi connectivity index (χ4n) is 2.81. The van der Waals surface area contributed by atoms with Crippen molar-refractivity contribution in [3.63, 3.8) is 0 Å². The monoisotopic (exact) mass is 293 g/mol. The Kier molecular flexibility index (Phi) is 4.83. The molecule has 116 valence electrons. The SMILES string of the molecule is CCC1(C)CCN(Cc2cc(F)cc(/C(N)=N/O)c2)CC1. The van der Waals surface area contributed by atoms with Crippen LogP contribution in [0, 0.1) is 11.2 Å². The largest absolute Gasteiger partial charge is 0.409 e. The molecule has 1 aromatic carbocycles. The molecule has 0 atom stereocenters.